The summed E-state index contributed by atoms with van der Waals surface area (Å²) in [5.41, 5.74) is 2.64. The number of allylic oxidation sites excluding steroid dienone is 1. The van der Waals surface area contributed by atoms with Gasteiger partial charge in [-0.1, -0.05) is 58.6 Å². The van der Waals surface area contributed by atoms with Crippen LogP contribution < -0.4 is 0 Å². The molecule has 0 saturated heterocycles. The largest absolute Gasteiger partial charge is 0.393 e. The second-order valence-corrected chi connectivity index (χ2v) is 11.7. The van der Waals surface area contributed by atoms with Gasteiger partial charge in [0.2, 0.25) is 0 Å². The van der Waals surface area contributed by atoms with E-state index in [0.717, 1.165) is 42.4 Å². The fourth-order valence-corrected chi connectivity index (χ4v) is 8.17. The molecule has 0 aromatic carbocycles. The van der Waals surface area contributed by atoms with Crippen molar-refractivity contribution in [2.75, 3.05) is 0 Å². The molecule has 4 aliphatic carbocycles. The number of hydrogen-bond acceptors (Lipinski definition) is 1. The molecule has 0 amide bonds. The van der Waals surface area contributed by atoms with Gasteiger partial charge in [-0.15, -0.1) is 0 Å². The van der Waals surface area contributed by atoms with Crippen molar-refractivity contribution < 1.29 is 5.11 Å². The fraction of sp³-hybridized carbons (Fsp3) is 0.923. The second kappa shape index (κ2) is 7.51. The van der Waals surface area contributed by atoms with E-state index in [1.54, 1.807) is 5.57 Å². The molecular weight excluding hydrogens is 328 g/mol. The van der Waals surface area contributed by atoms with Gasteiger partial charge >= 0.3 is 0 Å². The summed E-state index contributed by atoms with van der Waals surface area (Å²) in [5, 5.41) is 10.2. The van der Waals surface area contributed by atoms with E-state index in [4.69, 9.17) is 0 Å². The maximum Gasteiger partial charge on any atom is 0.0577 e. The van der Waals surface area contributed by atoms with Gasteiger partial charge in [-0.3, -0.25) is 0 Å². The minimum atomic E-state index is -0.0727. The zero-order chi connectivity index (χ0) is 19.2. The molecule has 0 bridgehead atoms. The summed E-state index contributed by atoms with van der Waals surface area (Å²) in [6, 6.07) is 0. The molecule has 3 fully saturated rings. The van der Waals surface area contributed by atoms with Crippen LogP contribution in [0.15, 0.2) is 11.6 Å². The number of aliphatic hydroxyl groups excluding tert-OH is 1. The summed E-state index contributed by atoms with van der Waals surface area (Å²) in [6.45, 7) is 9.97. The fourth-order valence-electron chi connectivity index (χ4n) is 8.17. The normalized spacial score (nSPS) is 46.6. The van der Waals surface area contributed by atoms with Gasteiger partial charge in [-0.25, -0.2) is 0 Å². The number of unbranched alkanes of at least 4 members (excludes halogenated alkanes) is 1. The maximum absolute atomic E-state index is 10.2. The molecular formula is C26H44O. The minimum Gasteiger partial charge on any atom is -0.393 e. The summed E-state index contributed by atoms with van der Waals surface area (Å²) >= 11 is 0. The maximum atomic E-state index is 10.2. The van der Waals surface area contributed by atoms with Gasteiger partial charge < -0.3 is 5.11 Å². The Hall–Kier alpha value is -0.300. The van der Waals surface area contributed by atoms with Gasteiger partial charge in [0.05, 0.1) is 6.10 Å². The summed E-state index contributed by atoms with van der Waals surface area (Å²) in [6.07, 6.45) is 18.7. The molecule has 1 N–H and O–H groups in total. The SMILES string of the molecule is CC(C)CCCC[C@H]1CCC2C3CC=C4CC(O)CC[C@]4(C)C3CC[C@@]21C. The Kier molecular flexibility index (Phi) is 5.56. The summed E-state index contributed by atoms with van der Waals surface area (Å²) in [7, 11) is 0. The molecule has 0 radical (unpaired) electrons. The van der Waals surface area contributed by atoms with Crippen LogP contribution in [0.1, 0.15) is 105 Å². The van der Waals surface area contributed by atoms with Gasteiger partial charge in [-0.05, 0) is 98.2 Å². The first kappa shape index (κ1) is 20.0. The first-order valence-electron chi connectivity index (χ1n) is 12.2. The highest BCUT2D eigenvalue weighted by Gasteiger charge is 2.58. The quantitative estimate of drug-likeness (QED) is 0.401. The number of rotatable bonds is 5. The van der Waals surface area contributed by atoms with Crippen LogP contribution in [0.2, 0.25) is 0 Å². The van der Waals surface area contributed by atoms with Crippen molar-refractivity contribution in [2.45, 2.75) is 111 Å². The topological polar surface area (TPSA) is 20.2 Å². The average Bonchev–Trinajstić information content (AvgIpc) is 2.96. The lowest BCUT2D eigenvalue weighted by Gasteiger charge is -2.58. The molecule has 4 unspecified atom stereocenters. The van der Waals surface area contributed by atoms with E-state index >= 15 is 0 Å². The molecule has 0 aromatic heterocycles. The van der Waals surface area contributed by atoms with Crippen LogP contribution in [0.25, 0.3) is 0 Å². The van der Waals surface area contributed by atoms with Gasteiger partial charge in [0, 0.05) is 0 Å². The molecule has 0 heterocycles. The molecule has 1 heteroatoms. The standard InChI is InChI=1S/C26H44O/c1-18(2)7-5-6-8-19-10-12-23-22-11-9-20-17-21(27)13-15-26(20,4)24(22)14-16-25(19,23)3/h9,18-19,21-24,27H,5-8,10-17H2,1-4H3/t19-,21?,22?,23?,24?,25+,26-/m0/s1. The summed E-state index contributed by atoms with van der Waals surface area (Å²) < 4.78 is 0. The first-order valence-corrected chi connectivity index (χ1v) is 12.2. The highest BCUT2D eigenvalue weighted by molar-refractivity contribution is 5.25. The van der Waals surface area contributed by atoms with E-state index in [9.17, 15) is 5.11 Å². The highest BCUT2D eigenvalue weighted by atomic mass is 16.3. The summed E-state index contributed by atoms with van der Waals surface area (Å²) in [5.74, 6) is 4.64. The van der Waals surface area contributed by atoms with Crippen molar-refractivity contribution in [1.29, 1.82) is 0 Å². The minimum absolute atomic E-state index is 0.0727. The van der Waals surface area contributed by atoms with E-state index in [0.29, 0.717) is 10.8 Å². The molecule has 27 heavy (non-hydrogen) atoms. The van der Waals surface area contributed by atoms with E-state index in [-0.39, 0.29) is 6.10 Å². The van der Waals surface area contributed by atoms with Crippen molar-refractivity contribution in [1.82, 2.24) is 0 Å². The predicted octanol–water partition coefficient (Wildman–Crippen LogP) is 7.14. The Morgan fingerprint density at radius 2 is 1.85 bits per heavy atom. The Balaban J connectivity index is 1.46. The molecule has 4 aliphatic rings. The zero-order valence-electron chi connectivity index (χ0n) is 18.5. The molecule has 4 rings (SSSR count). The summed E-state index contributed by atoms with van der Waals surface area (Å²) in [4.78, 5) is 0. The van der Waals surface area contributed by atoms with Crippen molar-refractivity contribution in [3.63, 3.8) is 0 Å². The van der Waals surface area contributed by atoms with Crippen molar-refractivity contribution in [2.24, 2.45) is 40.4 Å². The number of fused-ring (bicyclic) bond motifs is 5. The Morgan fingerprint density at radius 1 is 1.04 bits per heavy atom. The van der Waals surface area contributed by atoms with Gasteiger partial charge in [0.25, 0.3) is 0 Å². The van der Waals surface area contributed by atoms with Crippen LogP contribution in [-0.2, 0) is 0 Å². The molecule has 7 atom stereocenters. The van der Waals surface area contributed by atoms with Crippen LogP contribution in [0, 0.1) is 40.4 Å². The second-order valence-electron chi connectivity index (χ2n) is 11.7. The van der Waals surface area contributed by atoms with Crippen molar-refractivity contribution in [3.8, 4) is 0 Å². The van der Waals surface area contributed by atoms with Gasteiger partial charge in [0.15, 0.2) is 0 Å². The van der Waals surface area contributed by atoms with Crippen LogP contribution in [0.5, 0.6) is 0 Å². The number of hydrogen-bond donors (Lipinski definition) is 1. The molecule has 1 nitrogen and oxygen atoms in total. The molecule has 154 valence electrons. The third kappa shape index (κ3) is 3.45. The molecule has 0 aliphatic heterocycles. The Morgan fingerprint density at radius 3 is 2.63 bits per heavy atom. The highest BCUT2D eigenvalue weighted by Crippen LogP contribution is 2.66. The first-order chi connectivity index (χ1) is 12.8. The van der Waals surface area contributed by atoms with E-state index in [1.165, 1.54) is 64.2 Å². The Labute approximate surface area is 168 Å². The predicted molar refractivity (Wildman–Crippen MR) is 115 cm³/mol. The van der Waals surface area contributed by atoms with Crippen molar-refractivity contribution >= 4 is 0 Å². The van der Waals surface area contributed by atoms with Crippen LogP contribution in [-0.4, -0.2) is 11.2 Å². The van der Waals surface area contributed by atoms with Crippen LogP contribution >= 0.6 is 0 Å². The van der Waals surface area contributed by atoms with E-state index in [1.807, 2.05) is 0 Å². The van der Waals surface area contributed by atoms with Gasteiger partial charge in [-0.2, -0.15) is 0 Å². The lowest BCUT2D eigenvalue weighted by Crippen LogP contribution is -2.50. The number of aliphatic hydroxyl groups is 1. The third-order valence-corrected chi connectivity index (χ3v) is 9.86. The van der Waals surface area contributed by atoms with Gasteiger partial charge in [0.1, 0.15) is 0 Å². The lowest BCUT2D eigenvalue weighted by atomic mass is 9.47. The van der Waals surface area contributed by atoms with Crippen LogP contribution in [0.4, 0.5) is 0 Å². The molecule has 0 aromatic rings. The monoisotopic (exact) mass is 372 g/mol. The third-order valence-electron chi connectivity index (χ3n) is 9.86. The van der Waals surface area contributed by atoms with E-state index < -0.39 is 0 Å². The van der Waals surface area contributed by atoms with Crippen molar-refractivity contribution in [3.05, 3.63) is 11.6 Å². The Bertz CT molecular complexity index is 563. The smallest absolute Gasteiger partial charge is 0.0577 e. The lowest BCUT2D eigenvalue weighted by molar-refractivity contribution is -0.0508. The molecule has 0 spiro atoms. The van der Waals surface area contributed by atoms with Crippen LogP contribution in [0.3, 0.4) is 0 Å². The molecule has 3 saturated carbocycles. The zero-order valence-corrected chi connectivity index (χ0v) is 18.5. The average molecular weight is 373 g/mol. The van der Waals surface area contributed by atoms with E-state index in [2.05, 4.69) is 33.8 Å².